The average Bonchev–Trinajstić information content (AvgIpc) is 3.64. The first kappa shape index (κ1) is 20.6. The van der Waals surface area contributed by atoms with Crippen LogP contribution in [0.25, 0.3) is 0 Å². The van der Waals surface area contributed by atoms with Crippen LogP contribution in [0.3, 0.4) is 0 Å². The van der Waals surface area contributed by atoms with Crippen molar-refractivity contribution in [2.24, 2.45) is 0 Å². The number of methoxy groups -OCH3 is 1. The average molecular weight is 446 g/mol. The number of pyridine rings is 1. The summed E-state index contributed by atoms with van der Waals surface area (Å²) in [4.78, 5) is 33.3. The molecule has 0 radical (unpaired) electrons. The quantitative estimate of drug-likeness (QED) is 0.605. The summed E-state index contributed by atoms with van der Waals surface area (Å²) in [6.07, 6.45) is 3.33. The predicted molar refractivity (Wildman–Crippen MR) is 125 cm³/mol. The van der Waals surface area contributed by atoms with E-state index in [1.165, 1.54) is 11.8 Å². The van der Waals surface area contributed by atoms with E-state index in [2.05, 4.69) is 10.3 Å². The van der Waals surface area contributed by atoms with Crippen molar-refractivity contribution in [2.75, 3.05) is 23.9 Å². The van der Waals surface area contributed by atoms with Gasteiger partial charge in [0, 0.05) is 23.3 Å². The summed E-state index contributed by atoms with van der Waals surface area (Å²) in [6.45, 7) is 2.50. The molecule has 1 aliphatic carbocycles. The lowest BCUT2D eigenvalue weighted by molar-refractivity contribution is -0.118. The Balaban J connectivity index is 1.44. The topological polar surface area (TPSA) is 71.5 Å². The van der Waals surface area contributed by atoms with E-state index in [1.807, 2.05) is 49.4 Å². The molecule has 1 saturated carbocycles. The van der Waals surface area contributed by atoms with Crippen LogP contribution in [-0.2, 0) is 10.2 Å². The molecular formula is C25H23N3O3S. The summed E-state index contributed by atoms with van der Waals surface area (Å²) in [6, 6.07) is 17.0. The van der Waals surface area contributed by atoms with E-state index in [9.17, 15) is 9.59 Å². The van der Waals surface area contributed by atoms with Crippen LogP contribution in [0.15, 0.2) is 70.7 Å². The zero-order valence-electron chi connectivity index (χ0n) is 17.9. The Labute approximate surface area is 191 Å². The molecule has 0 spiro atoms. The van der Waals surface area contributed by atoms with Crippen molar-refractivity contribution in [2.45, 2.75) is 35.1 Å². The molecule has 2 aromatic carbocycles. The predicted octanol–water partition coefficient (Wildman–Crippen LogP) is 4.89. The first-order chi connectivity index (χ1) is 15.6. The van der Waals surface area contributed by atoms with Gasteiger partial charge in [-0.1, -0.05) is 23.9 Å². The number of carbonyl (C=O) groups is 2. The number of benzene rings is 2. The molecule has 5 rings (SSSR count). The summed E-state index contributed by atoms with van der Waals surface area (Å²) < 4.78 is 5.24. The molecule has 1 aromatic heterocycles. The largest absolute Gasteiger partial charge is 0.497 e. The van der Waals surface area contributed by atoms with Crippen LogP contribution in [0.1, 0.15) is 35.7 Å². The number of rotatable bonds is 5. The number of aromatic nitrogens is 1. The van der Waals surface area contributed by atoms with E-state index in [0.29, 0.717) is 22.8 Å². The van der Waals surface area contributed by atoms with Crippen molar-refractivity contribution in [3.63, 3.8) is 0 Å². The second-order valence-corrected chi connectivity index (χ2v) is 8.99. The Kier molecular flexibility index (Phi) is 5.13. The van der Waals surface area contributed by atoms with Gasteiger partial charge >= 0.3 is 0 Å². The monoisotopic (exact) mass is 445 g/mol. The number of carbonyl (C=O) groups excluding carboxylic acids is 2. The minimum absolute atomic E-state index is 0.0109. The molecule has 162 valence electrons. The third kappa shape index (κ3) is 3.42. The van der Waals surface area contributed by atoms with Gasteiger partial charge in [-0.2, -0.15) is 0 Å². The van der Waals surface area contributed by atoms with Crippen LogP contribution in [0.5, 0.6) is 5.75 Å². The van der Waals surface area contributed by atoms with Gasteiger partial charge in [0.15, 0.2) is 0 Å². The van der Waals surface area contributed by atoms with Gasteiger partial charge in [0.05, 0.1) is 23.8 Å². The van der Waals surface area contributed by atoms with E-state index in [1.54, 1.807) is 30.3 Å². The van der Waals surface area contributed by atoms with Gasteiger partial charge < -0.3 is 15.0 Å². The van der Waals surface area contributed by atoms with Crippen LogP contribution >= 0.6 is 11.8 Å². The van der Waals surface area contributed by atoms with Gasteiger partial charge in [-0.3, -0.25) is 9.59 Å². The van der Waals surface area contributed by atoms with Crippen molar-refractivity contribution in [1.82, 2.24) is 4.98 Å². The first-order valence-corrected chi connectivity index (χ1v) is 11.4. The molecule has 1 aliphatic heterocycles. The number of amides is 2. The maximum atomic E-state index is 13.2. The Morgan fingerprint density at radius 2 is 1.97 bits per heavy atom. The molecule has 0 bridgehead atoms. The third-order valence-electron chi connectivity index (χ3n) is 6.11. The molecule has 0 atom stereocenters. The van der Waals surface area contributed by atoms with Gasteiger partial charge in [0.2, 0.25) is 5.91 Å². The fourth-order valence-corrected chi connectivity index (χ4v) is 5.19. The number of hydrogen-bond donors (Lipinski definition) is 1. The van der Waals surface area contributed by atoms with E-state index >= 15 is 0 Å². The molecule has 0 unspecified atom stereocenters. The number of anilines is 2. The van der Waals surface area contributed by atoms with Gasteiger partial charge in [-0.25, -0.2) is 4.98 Å². The lowest BCUT2D eigenvalue weighted by atomic mass is 9.94. The summed E-state index contributed by atoms with van der Waals surface area (Å²) >= 11 is 1.45. The number of ether oxygens (including phenoxy) is 1. The van der Waals surface area contributed by atoms with Crippen molar-refractivity contribution in [3.05, 3.63) is 71.9 Å². The molecule has 32 heavy (non-hydrogen) atoms. The highest BCUT2D eigenvalue weighted by atomic mass is 32.2. The van der Waals surface area contributed by atoms with Gasteiger partial charge in [0.1, 0.15) is 10.8 Å². The minimum atomic E-state index is -0.494. The summed E-state index contributed by atoms with van der Waals surface area (Å²) in [5, 5.41) is 3.78. The van der Waals surface area contributed by atoms with Crippen molar-refractivity contribution in [3.8, 4) is 5.75 Å². The SMILES string of the molecule is CCN1C(=O)c2cccnc2Sc2cc(NC(=O)C3(c4ccc(OC)cc4)CC3)ccc21. The highest BCUT2D eigenvalue weighted by Gasteiger charge is 2.51. The Morgan fingerprint density at radius 1 is 1.19 bits per heavy atom. The standard InChI is InChI=1S/C25H23N3O3S/c1-3-28-20-11-8-17(15-21(20)32-22-19(23(28)29)5-4-14-26-22)27-24(30)25(12-13-25)16-6-9-18(31-2)10-7-16/h4-11,14-15H,3,12-13H2,1-2H3,(H,27,30). The number of fused-ring (bicyclic) bond motifs is 2. The molecule has 2 aliphatic rings. The van der Waals surface area contributed by atoms with Crippen LogP contribution in [0.2, 0.25) is 0 Å². The highest BCUT2D eigenvalue weighted by Crippen LogP contribution is 2.49. The lowest BCUT2D eigenvalue weighted by Gasteiger charge is -2.22. The summed E-state index contributed by atoms with van der Waals surface area (Å²) in [5.41, 5.74) is 2.64. The molecule has 0 saturated heterocycles. The van der Waals surface area contributed by atoms with Crippen LogP contribution in [0, 0.1) is 0 Å². The molecule has 7 heteroatoms. The highest BCUT2D eigenvalue weighted by molar-refractivity contribution is 7.99. The number of nitrogens with zero attached hydrogens (tertiary/aromatic N) is 2. The Morgan fingerprint density at radius 3 is 2.66 bits per heavy atom. The second-order valence-electron chi connectivity index (χ2n) is 7.95. The Hall–Kier alpha value is -3.32. The lowest BCUT2D eigenvalue weighted by Crippen LogP contribution is -2.30. The molecule has 6 nitrogen and oxygen atoms in total. The zero-order chi connectivity index (χ0) is 22.3. The minimum Gasteiger partial charge on any atom is -0.497 e. The van der Waals surface area contributed by atoms with Crippen LogP contribution in [-0.4, -0.2) is 30.5 Å². The third-order valence-corrected chi connectivity index (χ3v) is 7.17. The number of hydrogen-bond acceptors (Lipinski definition) is 5. The van der Waals surface area contributed by atoms with E-state index in [-0.39, 0.29) is 11.8 Å². The smallest absolute Gasteiger partial charge is 0.261 e. The molecule has 1 fully saturated rings. The number of nitrogens with one attached hydrogen (secondary N) is 1. The fraction of sp³-hybridized carbons (Fsp3) is 0.240. The molecule has 2 heterocycles. The van der Waals surface area contributed by atoms with E-state index < -0.39 is 5.41 Å². The zero-order valence-corrected chi connectivity index (χ0v) is 18.7. The van der Waals surface area contributed by atoms with Gasteiger partial charge in [-0.15, -0.1) is 0 Å². The molecule has 3 aromatic rings. The fourth-order valence-electron chi connectivity index (χ4n) is 4.14. The normalized spacial score (nSPS) is 15.9. The maximum absolute atomic E-state index is 13.2. The molecule has 2 amide bonds. The summed E-state index contributed by atoms with van der Waals surface area (Å²) in [7, 11) is 1.63. The van der Waals surface area contributed by atoms with E-state index in [0.717, 1.165) is 34.7 Å². The van der Waals surface area contributed by atoms with Gasteiger partial charge in [-0.05, 0) is 67.8 Å². The van der Waals surface area contributed by atoms with Crippen molar-refractivity contribution in [1.29, 1.82) is 0 Å². The summed E-state index contributed by atoms with van der Waals surface area (Å²) in [5.74, 6) is 0.704. The second kappa shape index (κ2) is 7.98. The molecular weight excluding hydrogens is 422 g/mol. The van der Waals surface area contributed by atoms with Crippen molar-refractivity contribution < 1.29 is 14.3 Å². The molecule has 1 N–H and O–H groups in total. The van der Waals surface area contributed by atoms with Gasteiger partial charge in [0.25, 0.3) is 5.91 Å². The Bertz CT molecular complexity index is 1210. The maximum Gasteiger partial charge on any atom is 0.261 e. The van der Waals surface area contributed by atoms with Crippen LogP contribution < -0.4 is 15.0 Å². The first-order valence-electron chi connectivity index (χ1n) is 10.6. The van der Waals surface area contributed by atoms with Crippen LogP contribution in [0.4, 0.5) is 11.4 Å². The van der Waals surface area contributed by atoms with E-state index in [4.69, 9.17) is 4.74 Å². The van der Waals surface area contributed by atoms with Crippen molar-refractivity contribution >= 4 is 35.0 Å².